The Morgan fingerprint density at radius 2 is 1.58 bits per heavy atom. The number of thiazole rings is 1. The van der Waals surface area contributed by atoms with Crippen LogP contribution < -0.4 is 26.0 Å². The highest BCUT2D eigenvalue weighted by atomic mass is 32.1. The van der Waals surface area contributed by atoms with Crippen molar-refractivity contribution in [2.24, 2.45) is 11.3 Å². The van der Waals surface area contributed by atoms with Gasteiger partial charge in [-0.25, -0.2) is 9.97 Å². The molecule has 404 valence electrons. The maximum absolute atomic E-state index is 13.9. The third kappa shape index (κ3) is 18.0. The molecule has 2 aromatic carbocycles. The van der Waals surface area contributed by atoms with Crippen molar-refractivity contribution >= 4 is 52.4 Å². The van der Waals surface area contributed by atoms with Crippen LogP contribution in [0.3, 0.4) is 0 Å². The molecule has 2 aromatic heterocycles. The number of unbranched alkanes of at least 4 members (excludes halogenated alkanes) is 1. The monoisotopic (exact) mass is 1040 g/mol. The van der Waals surface area contributed by atoms with E-state index in [9.17, 15) is 24.3 Å². The number of ether oxygens (including phenoxy) is 4. The van der Waals surface area contributed by atoms with Gasteiger partial charge in [0.05, 0.1) is 28.8 Å². The molecular weight excluding hydrogens is 963 g/mol. The Morgan fingerprint density at radius 3 is 2.23 bits per heavy atom. The highest BCUT2D eigenvalue weighted by Gasteiger charge is 2.44. The standard InChI is InChI=1S/C55H79N9O9S/c1-7-40-34-58-54(62-50(40)56-24-11-25-63(6)52(68)42-14-10-15-42)60-43-20-22-45(23-21-43)73-31-13-29-71-27-9-8-26-70-28-12-30-72-36-47(66)61-49(55(3,4)5)53(69)64-35-44(65)32-46(64)51(67)57-33-39-16-18-41(19-17-39)48-38(2)59-37-74-48/h16-23,34,37,42,44,46,49,65H,7-15,24-33,35-36H2,1-6H3,(H,57,67)(H,61,66)(H2,56,58,60,62)/t44-,46+,49-/m1/s1. The fraction of sp³-hybridized carbons (Fsp3) is 0.582. The van der Waals surface area contributed by atoms with Gasteiger partial charge in [-0.2, -0.15) is 4.98 Å². The van der Waals surface area contributed by atoms with Crippen molar-refractivity contribution in [3.8, 4) is 16.2 Å². The van der Waals surface area contributed by atoms with Crippen LogP contribution >= 0.6 is 11.3 Å². The van der Waals surface area contributed by atoms with Gasteiger partial charge in [0.1, 0.15) is 30.3 Å². The highest BCUT2D eigenvalue weighted by Crippen LogP contribution is 2.30. The minimum absolute atomic E-state index is 0.00234. The van der Waals surface area contributed by atoms with Gasteiger partial charge >= 0.3 is 0 Å². The number of carbonyl (C=O) groups is 4. The van der Waals surface area contributed by atoms with Gasteiger partial charge in [-0.15, -0.1) is 11.3 Å². The second kappa shape index (κ2) is 29.4. The predicted octanol–water partition coefficient (Wildman–Crippen LogP) is 7.07. The van der Waals surface area contributed by atoms with Crippen LogP contribution in [0.1, 0.15) is 102 Å². The van der Waals surface area contributed by atoms with E-state index < -0.39 is 35.4 Å². The molecule has 2 aliphatic rings. The molecule has 6 rings (SSSR count). The lowest BCUT2D eigenvalue weighted by Crippen LogP contribution is -2.58. The van der Waals surface area contributed by atoms with Gasteiger partial charge in [-0.05, 0) is 92.7 Å². The number of aryl methyl sites for hydroxylation is 2. The summed E-state index contributed by atoms with van der Waals surface area (Å²) in [6.07, 6.45) is 9.02. The average molecular weight is 1040 g/mol. The van der Waals surface area contributed by atoms with E-state index in [0.717, 1.165) is 102 Å². The fourth-order valence-corrected chi connectivity index (χ4v) is 9.43. The zero-order chi connectivity index (χ0) is 52.9. The van der Waals surface area contributed by atoms with Crippen molar-refractivity contribution in [3.05, 3.63) is 77.1 Å². The molecule has 1 aliphatic heterocycles. The number of aliphatic hydroxyl groups excluding tert-OH is 1. The molecular formula is C55H79N9O9S. The lowest BCUT2D eigenvalue weighted by Gasteiger charge is -2.35. The summed E-state index contributed by atoms with van der Waals surface area (Å²) in [7, 11) is 1.89. The number of hydrogen-bond donors (Lipinski definition) is 5. The molecule has 0 unspecified atom stereocenters. The summed E-state index contributed by atoms with van der Waals surface area (Å²) in [6, 6.07) is 13.8. The van der Waals surface area contributed by atoms with Crippen molar-refractivity contribution in [3.63, 3.8) is 0 Å². The summed E-state index contributed by atoms with van der Waals surface area (Å²) < 4.78 is 23.1. The van der Waals surface area contributed by atoms with Crippen molar-refractivity contribution in [1.29, 1.82) is 0 Å². The number of carbonyl (C=O) groups excluding carboxylic acids is 4. The Balaban J connectivity index is 0.768. The number of aliphatic hydroxyl groups is 1. The Bertz CT molecular complexity index is 2380. The zero-order valence-corrected chi connectivity index (χ0v) is 45.1. The minimum atomic E-state index is -0.939. The van der Waals surface area contributed by atoms with Crippen LogP contribution in [0.15, 0.2) is 60.2 Å². The van der Waals surface area contributed by atoms with Crippen LogP contribution in [0.5, 0.6) is 5.75 Å². The molecule has 1 saturated carbocycles. The van der Waals surface area contributed by atoms with Crippen molar-refractivity contribution in [2.45, 2.75) is 124 Å². The van der Waals surface area contributed by atoms with E-state index in [1.807, 2.05) is 99.9 Å². The molecule has 3 atom stereocenters. The third-order valence-corrected chi connectivity index (χ3v) is 14.2. The molecule has 0 radical (unpaired) electrons. The number of aromatic nitrogens is 3. The van der Waals surface area contributed by atoms with Gasteiger partial charge < -0.3 is 55.1 Å². The lowest BCUT2D eigenvalue weighted by atomic mass is 9.84. The summed E-state index contributed by atoms with van der Waals surface area (Å²) in [6.45, 7) is 14.2. The molecule has 2 fully saturated rings. The highest BCUT2D eigenvalue weighted by molar-refractivity contribution is 7.13. The first-order valence-electron chi connectivity index (χ1n) is 26.3. The first-order chi connectivity index (χ1) is 35.7. The summed E-state index contributed by atoms with van der Waals surface area (Å²) in [5, 5.41) is 23.0. The second-order valence-electron chi connectivity index (χ2n) is 20.2. The normalized spacial score (nSPS) is 16.1. The maximum Gasteiger partial charge on any atom is 0.246 e. The quantitative estimate of drug-likeness (QED) is 0.0319. The van der Waals surface area contributed by atoms with E-state index in [1.165, 1.54) is 4.90 Å². The molecule has 4 aromatic rings. The Hall–Kier alpha value is -5.73. The zero-order valence-electron chi connectivity index (χ0n) is 44.3. The molecule has 5 N–H and O–H groups in total. The predicted molar refractivity (Wildman–Crippen MR) is 287 cm³/mol. The first kappa shape index (κ1) is 57.5. The Morgan fingerprint density at radius 1 is 0.892 bits per heavy atom. The van der Waals surface area contributed by atoms with Gasteiger partial charge in [0.15, 0.2) is 0 Å². The van der Waals surface area contributed by atoms with Crippen LogP contribution in [0.4, 0.5) is 17.5 Å². The molecule has 3 heterocycles. The third-order valence-electron chi connectivity index (χ3n) is 13.2. The number of β-amino-alcohol motifs (C(OH)–C–C–N with tert-alkyl or cyclic N) is 1. The van der Waals surface area contributed by atoms with E-state index in [1.54, 1.807) is 11.3 Å². The summed E-state index contributed by atoms with van der Waals surface area (Å²) in [5.74, 6) is 1.33. The summed E-state index contributed by atoms with van der Waals surface area (Å²) >= 11 is 1.58. The largest absolute Gasteiger partial charge is 0.494 e. The van der Waals surface area contributed by atoms with E-state index >= 15 is 0 Å². The van der Waals surface area contributed by atoms with Crippen molar-refractivity contribution in [1.82, 2.24) is 35.4 Å². The molecule has 74 heavy (non-hydrogen) atoms. The molecule has 19 heteroatoms. The summed E-state index contributed by atoms with van der Waals surface area (Å²) in [4.78, 5) is 70.7. The van der Waals surface area contributed by atoms with Crippen molar-refractivity contribution < 1.29 is 43.2 Å². The fourth-order valence-electron chi connectivity index (χ4n) is 8.62. The van der Waals surface area contributed by atoms with Crippen LogP contribution in [0, 0.1) is 18.3 Å². The van der Waals surface area contributed by atoms with E-state index in [2.05, 4.69) is 38.2 Å². The number of nitrogens with zero attached hydrogens (tertiary/aromatic N) is 5. The Labute approximate surface area is 441 Å². The van der Waals surface area contributed by atoms with E-state index in [-0.39, 0.29) is 43.8 Å². The number of anilines is 3. The van der Waals surface area contributed by atoms with Gasteiger partial charge in [-0.3, -0.25) is 19.2 Å². The topological polar surface area (TPSA) is 219 Å². The average Bonchev–Trinajstić information content (AvgIpc) is 3.99. The van der Waals surface area contributed by atoms with Crippen LogP contribution in [0.2, 0.25) is 0 Å². The SMILES string of the molecule is CCc1cnc(Nc2ccc(OCCCOCCCCOCCCOCC(=O)N[C@H](C(=O)N3C[C@H](O)C[C@H]3C(=O)NCc3ccc(-c4scnc4C)cc3)C(C)(C)C)cc2)nc1NCCCN(C)C(=O)C1CCC1. The van der Waals surface area contributed by atoms with Gasteiger partial charge in [0.25, 0.3) is 0 Å². The summed E-state index contributed by atoms with van der Waals surface area (Å²) in [5.41, 5.74) is 5.95. The van der Waals surface area contributed by atoms with Crippen LogP contribution in [-0.2, 0) is 46.4 Å². The lowest BCUT2D eigenvalue weighted by molar-refractivity contribution is -0.144. The number of amides is 4. The van der Waals surface area contributed by atoms with Gasteiger partial charge in [0, 0.05) is 102 Å². The van der Waals surface area contributed by atoms with Gasteiger partial charge in [0.2, 0.25) is 29.6 Å². The maximum atomic E-state index is 13.9. The molecule has 1 saturated heterocycles. The van der Waals surface area contributed by atoms with Crippen LogP contribution in [-0.4, -0.2) is 145 Å². The first-order valence-corrected chi connectivity index (χ1v) is 27.2. The van der Waals surface area contributed by atoms with Crippen molar-refractivity contribution in [2.75, 3.05) is 83.6 Å². The molecule has 1 aliphatic carbocycles. The number of rotatable bonds is 31. The molecule has 4 amide bonds. The number of benzene rings is 2. The molecule has 0 spiro atoms. The minimum Gasteiger partial charge on any atom is -0.494 e. The smallest absolute Gasteiger partial charge is 0.246 e. The van der Waals surface area contributed by atoms with E-state index in [0.29, 0.717) is 58.6 Å². The number of nitrogens with one attached hydrogen (secondary N) is 4. The second-order valence-corrected chi connectivity index (χ2v) is 21.1. The molecule has 18 nitrogen and oxygen atoms in total. The van der Waals surface area contributed by atoms with Crippen LogP contribution in [0.25, 0.3) is 10.4 Å². The van der Waals surface area contributed by atoms with E-state index in [4.69, 9.17) is 23.9 Å². The van der Waals surface area contributed by atoms with Gasteiger partial charge in [-0.1, -0.05) is 58.4 Å². The number of hydrogen-bond acceptors (Lipinski definition) is 15. The molecule has 0 bridgehead atoms. The Kier molecular flexibility index (Phi) is 22.9. The number of likely N-dealkylation sites (tertiary alicyclic amines) is 1.